The van der Waals surface area contributed by atoms with E-state index in [0.717, 1.165) is 22.0 Å². The van der Waals surface area contributed by atoms with Gasteiger partial charge in [-0.3, -0.25) is 28.8 Å². The number of carbonyl (C=O) groups is 6. The molecule has 2 aliphatic heterocycles. The van der Waals surface area contributed by atoms with Crippen molar-refractivity contribution in [2.45, 2.75) is 82.6 Å². The van der Waals surface area contributed by atoms with Crippen LogP contribution in [-0.2, 0) is 35.2 Å². The normalized spacial score (nSPS) is 18.3. The Labute approximate surface area is 315 Å². The Morgan fingerprint density at radius 1 is 0.964 bits per heavy atom. The summed E-state index contributed by atoms with van der Waals surface area (Å²) in [6, 6.07) is 8.68. The summed E-state index contributed by atoms with van der Waals surface area (Å²) in [5.74, 6) is -3.76. The number of likely N-dealkylation sites (tertiary alicyclic amines) is 1. The molecule has 5 unspecified atom stereocenters. The van der Waals surface area contributed by atoms with Gasteiger partial charge < -0.3 is 46.6 Å². The highest BCUT2D eigenvalue weighted by Gasteiger charge is 2.40. The van der Waals surface area contributed by atoms with Crippen LogP contribution < -0.4 is 37.9 Å². The zero-order chi connectivity index (χ0) is 39.4. The fourth-order valence-electron chi connectivity index (χ4n) is 7.12. The number of H-pyrrole nitrogens is 1. The van der Waals surface area contributed by atoms with E-state index in [9.17, 15) is 33.6 Å². The van der Waals surface area contributed by atoms with Gasteiger partial charge in [0.2, 0.25) is 35.4 Å². The second-order valence-electron chi connectivity index (χ2n) is 14.1. The van der Waals surface area contributed by atoms with E-state index in [0.29, 0.717) is 36.0 Å². The molecule has 4 aromatic rings. The predicted molar refractivity (Wildman–Crippen MR) is 203 cm³/mol. The average Bonchev–Trinajstić information content (AvgIpc) is 3.90. The van der Waals surface area contributed by atoms with Crippen molar-refractivity contribution in [1.29, 1.82) is 0 Å². The van der Waals surface area contributed by atoms with Crippen LogP contribution >= 0.6 is 0 Å². The first-order valence-corrected chi connectivity index (χ1v) is 18.1. The monoisotopic (exact) mass is 752 g/mol. The number of nitrogens with one attached hydrogen (secondary N) is 6. The second kappa shape index (κ2) is 16.3. The Balaban J connectivity index is 1.15. The lowest BCUT2D eigenvalue weighted by Crippen LogP contribution is -2.58. The first kappa shape index (κ1) is 38.3. The lowest BCUT2D eigenvalue weighted by atomic mass is 10.0. The minimum absolute atomic E-state index is 0.0897. The largest absolute Gasteiger partial charge is 0.423 e. The molecule has 0 aliphatic carbocycles. The summed E-state index contributed by atoms with van der Waals surface area (Å²) in [5, 5.41) is 15.4. The third-order valence-corrected chi connectivity index (χ3v) is 9.99. The highest BCUT2D eigenvalue weighted by Crippen LogP contribution is 2.24. The van der Waals surface area contributed by atoms with E-state index in [1.807, 2.05) is 24.3 Å². The maximum Gasteiger partial charge on any atom is 0.336 e. The molecule has 2 aromatic heterocycles. The van der Waals surface area contributed by atoms with Crippen molar-refractivity contribution >= 4 is 63.0 Å². The van der Waals surface area contributed by atoms with Gasteiger partial charge in [-0.2, -0.15) is 0 Å². The number of nitrogens with zero attached hydrogens (tertiary/aromatic N) is 1. The molecule has 0 bridgehead atoms. The Bertz CT molecular complexity index is 2250. The Morgan fingerprint density at radius 2 is 1.75 bits per heavy atom. The number of fused-ring (bicyclic) bond motifs is 2. The molecule has 55 heavy (non-hydrogen) atoms. The highest BCUT2D eigenvalue weighted by atomic mass is 16.4. The number of hydrogen-bond donors (Lipinski definition) is 7. The molecular formula is C39H44N8O8. The summed E-state index contributed by atoms with van der Waals surface area (Å²) in [5.41, 5.74) is 8.54. The van der Waals surface area contributed by atoms with Gasteiger partial charge in [0.1, 0.15) is 35.8 Å². The van der Waals surface area contributed by atoms with Gasteiger partial charge in [-0.15, -0.1) is 0 Å². The molecule has 2 fully saturated rings. The summed E-state index contributed by atoms with van der Waals surface area (Å²) in [6.07, 6.45) is 3.20. The van der Waals surface area contributed by atoms with Crippen LogP contribution in [0.5, 0.6) is 0 Å². The summed E-state index contributed by atoms with van der Waals surface area (Å²) in [6.45, 7) is 7.24. The Kier molecular flexibility index (Phi) is 11.3. The molecule has 288 valence electrons. The summed E-state index contributed by atoms with van der Waals surface area (Å²) in [4.78, 5) is 96.1. The van der Waals surface area contributed by atoms with Gasteiger partial charge in [0.05, 0.1) is 6.42 Å². The quantitative estimate of drug-likeness (QED) is 0.0976. The molecule has 2 saturated heterocycles. The van der Waals surface area contributed by atoms with Gasteiger partial charge in [0.15, 0.2) is 0 Å². The fraction of sp³-hybridized carbons (Fsp3) is 0.359. The topological polar surface area (TPSA) is 238 Å². The number of aromatic nitrogens is 1. The van der Waals surface area contributed by atoms with Gasteiger partial charge in [-0.1, -0.05) is 24.8 Å². The van der Waals surface area contributed by atoms with E-state index in [1.54, 1.807) is 25.3 Å². The van der Waals surface area contributed by atoms with Crippen molar-refractivity contribution in [3.8, 4) is 0 Å². The van der Waals surface area contributed by atoms with Crippen molar-refractivity contribution in [1.82, 2.24) is 31.2 Å². The van der Waals surface area contributed by atoms with E-state index in [-0.39, 0.29) is 25.0 Å². The van der Waals surface area contributed by atoms with E-state index < -0.39 is 77.7 Å². The smallest absolute Gasteiger partial charge is 0.336 e. The molecule has 0 radical (unpaired) electrons. The van der Waals surface area contributed by atoms with Crippen LogP contribution in [0, 0.1) is 6.92 Å². The fourth-order valence-corrected chi connectivity index (χ4v) is 7.12. The van der Waals surface area contributed by atoms with Crippen molar-refractivity contribution in [3.05, 3.63) is 88.6 Å². The molecule has 6 rings (SSSR count). The Hall–Kier alpha value is -6.45. The number of allylic oxidation sites excluding steroid dienone is 1. The summed E-state index contributed by atoms with van der Waals surface area (Å²) in [7, 11) is 0. The zero-order valence-electron chi connectivity index (χ0n) is 30.5. The number of aryl methyl sites for hydroxylation is 1. The van der Waals surface area contributed by atoms with Gasteiger partial charge in [0.25, 0.3) is 0 Å². The van der Waals surface area contributed by atoms with Crippen LogP contribution in [0.2, 0.25) is 0 Å². The molecule has 16 nitrogen and oxygen atoms in total. The maximum absolute atomic E-state index is 13.8. The number of para-hydroxylation sites is 1. The molecule has 8 N–H and O–H groups in total. The SMILES string of the molecule is C=C1CCC(C(=O)NC(CC(N)=O)C(=O)N2CCCC2C(=O)NC(C)C(=O)NC(Cc2c[nH]c3ccccc23)C(=O)Nc2ccc3c(C)cc(=O)oc3c2)N1. The number of primary amides is 1. The third kappa shape index (κ3) is 8.86. The maximum atomic E-state index is 13.8. The lowest BCUT2D eigenvalue weighted by Gasteiger charge is -2.29. The standard InChI is InChI=1S/C39H44N8O8/c1-20-15-34(49)55-32-17-24(11-12-25(20)32)44-37(52)29(16-23-19-41-27-8-5-4-7-26(23)27)45-35(50)22(3)43-38(53)31-9-6-14-47(31)39(54)30(18-33(40)48)46-36(51)28-13-10-21(2)42-28/h4-5,7-8,11-12,15,17,19,22,28-31,41-42H,2,6,9-10,13-14,16,18H2,1,3H3,(H2,40,48)(H,43,53)(H,44,52)(H,45,50)(H,46,51). The molecular weight excluding hydrogens is 708 g/mol. The lowest BCUT2D eigenvalue weighted by molar-refractivity contribution is -0.143. The number of carbonyl (C=O) groups excluding carboxylic acids is 6. The van der Waals surface area contributed by atoms with Gasteiger partial charge in [-0.25, -0.2) is 4.79 Å². The van der Waals surface area contributed by atoms with Crippen molar-refractivity contribution in [3.63, 3.8) is 0 Å². The molecule has 4 heterocycles. The van der Waals surface area contributed by atoms with Crippen LogP contribution in [0.25, 0.3) is 21.9 Å². The average molecular weight is 753 g/mol. The highest BCUT2D eigenvalue weighted by molar-refractivity contribution is 6.01. The third-order valence-electron chi connectivity index (χ3n) is 9.99. The molecule has 0 saturated carbocycles. The zero-order valence-corrected chi connectivity index (χ0v) is 30.5. The van der Waals surface area contributed by atoms with Crippen LogP contribution in [0.3, 0.4) is 0 Å². The number of aromatic amines is 1. The van der Waals surface area contributed by atoms with Crippen molar-refractivity contribution < 1.29 is 33.2 Å². The first-order valence-electron chi connectivity index (χ1n) is 18.1. The van der Waals surface area contributed by atoms with Crippen LogP contribution in [-0.4, -0.2) is 82.1 Å². The minimum atomic E-state index is -1.29. The number of nitrogens with two attached hydrogens (primary N) is 1. The number of benzene rings is 2. The van der Waals surface area contributed by atoms with Gasteiger partial charge in [0, 0.05) is 59.0 Å². The number of anilines is 1. The van der Waals surface area contributed by atoms with Crippen LogP contribution in [0.4, 0.5) is 5.69 Å². The number of hydrogen-bond acceptors (Lipinski definition) is 9. The molecule has 0 spiro atoms. The van der Waals surface area contributed by atoms with E-state index >= 15 is 0 Å². The van der Waals surface area contributed by atoms with Crippen molar-refractivity contribution in [2.75, 3.05) is 11.9 Å². The number of amides is 6. The van der Waals surface area contributed by atoms with Crippen LogP contribution in [0.15, 0.2) is 76.2 Å². The van der Waals surface area contributed by atoms with Crippen molar-refractivity contribution in [2.24, 2.45) is 5.73 Å². The summed E-state index contributed by atoms with van der Waals surface area (Å²) < 4.78 is 5.34. The second-order valence-corrected chi connectivity index (χ2v) is 14.1. The molecule has 5 atom stereocenters. The van der Waals surface area contributed by atoms with Gasteiger partial charge >= 0.3 is 5.63 Å². The van der Waals surface area contributed by atoms with Gasteiger partial charge in [-0.05, 0) is 68.9 Å². The minimum Gasteiger partial charge on any atom is -0.423 e. The molecule has 2 aromatic carbocycles. The van der Waals surface area contributed by atoms with E-state index in [1.165, 1.54) is 24.0 Å². The first-order chi connectivity index (χ1) is 26.3. The van der Waals surface area contributed by atoms with Crippen LogP contribution in [0.1, 0.15) is 50.2 Å². The molecule has 6 amide bonds. The number of rotatable bonds is 13. The van der Waals surface area contributed by atoms with E-state index in [2.05, 4.69) is 38.1 Å². The molecule has 2 aliphatic rings. The van der Waals surface area contributed by atoms with E-state index in [4.69, 9.17) is 10.2 Å². The molecule has 16 heteroatoms. The Morgan fingerprint density at radius 3 is 2.49 bits per heavy atom. The summed E-state index contributed by atoms with van der Waals surface area (Å²) >= 11 is 0. The predicted octanol–water partition coefficient (Wildman–Crippen LogP) is 1.37.